The molecule has 2 aromatic rings. The summed E-state index contributed by atoms with van der Waals surface area (Å²) in [6, 6.07) is 9.97. The largest absolute Gasteiger partial charge is 0.378 e. The molecular formula is C15H14F2IN. The Kier molecular flexibility index (Phi) is 4.39. The zero-order valence-corrected chi connectivity index (χ0v) is 12.8. The Labute approximate surface area is 125 Å². The van der Waals surface area contributed by atoms with Crippen LogP contribution >= 0.6 is 22.6 Å². The standard InChI is InChI=1S/C15H14F2IN/c1-9-7-12(18)4-6-15(9)19-10(2)11-3-5-13(16)14(17)8-11/h3-8,10,19H,1-2H3. The van der Waals surface area contributed by atoms with Crippen molar-refractivity contribution in [1.82, 2.24) is 0 Å². The second-order valence-corrected chi connectivity index (χ2v) is 5.74. The van der Waals surface area contributed by atoms with Crippen LogP contribution in [0.5, 0.6) is 0 Å². The fourth-order valence-electron chi connectivity index (χ4n) is 1.89. The van der Waals surface area contributed by atoms with Crippen molar-refractivity contribution in [3.05, 3.63) is 62.7 Å². The quantitative estimate of drug-likeness (QED) is 0.743. The molecule has 1 N–H and O–H groups in total. The summed E-state index contributed by atoms with van der Waals surface area (Å²) in [6.45, 7) is 3.94. The molecule has 0 radical (unpaired) electrons. The summed E-state index contributed by atoms with van der Waals surface area (Å²) in [7, 11) is 0. The van der Waals surface area contributed by atoms with E-state index in [1.807, 2.05) is 26.0 Å². The normalized spacial score (nSPS) is 12.3. The van der Waals surface area contributed by atoms with E-state index < -0.39 is 11.6 Å². The molecule has 0 aliphatic rings. The van der Waals surface area contributed by atoms with Gasteiger partial charge < -0.3 is 5.32 Å². The lowest BCUT2D eigenvalue weighted by molar-refractivity contribution is 0.506. The van der Waals surface area contributed by atoms with E-state index in [0.717, 1.165) is 22.9 Å². The first-order valence-corrected chi connectivity index (χ1v) is 7.03. The highest BCUT2D eigenvalue weighted by Crippen LogP contribution is 2.24. The number of nitrogens with one attached hydrogen (secondary N) is 1. The summed E-state index contributed by atoms with van der Waals surface area (Å²) in [5.41, 5.74) is 2.84. The van der Waals surface area contributed by atoms with Crippen LogP contribution in [-0.4, -0.2) is 0 Å². The molecule has 0 saturated heterocycles. The number of halogens is 3. The van der Waals surface area contributed by atoms with Crippen LogP contribution in [0, 0.1) is 22.1 Å². The Morgan fingerprint density at radius 2 is 1.79 bits per heavy atom. The van der Waals surface area contributed by atoms with E-state index in [9.17, 15) is 8.78 Å². The maximum atomic E-state index is 13.2. The molecule has 0 aliphatic carbocycles. The van der Waals surface area contributed by atoms with Crippen molar-refractivity contribution in [2.24, 2.45) is 0 Å². The lowest BCUT2D eigenvalue weighted by Gasteiger charge is -2.18. The average molecular weight is 373 g/mol. The van der Waals surface area contributed by atoms with Crippen molar-refractivity contribution in [3.8, 4) is 0 Å². The first kappa shape index (κ1) is 14.2. The minimum absolute atomic E-state index is 0.0890. The molecule has 1 atom stereocenters. The molecule has 2 aromatic carbocycles. The molecule has 0 aromatic heterocycles. The third-order valence-electron chi connectivity index (χ3n) is 3.00. The van der Waals surface area contributed by atoms with Gasteiger partial charge in [-0.25, -0.2) is 8.78 Å². The molecule has 1 nitrogen and oxygen atoms in total. The minimum Gasteiger partial charge on any atom is -0.378 e. The van der Waals surface area contributed by atoms with Gasteiger partial charge in [-0.1, -0.05) is 6.07 Å². The van der Waals surface area contributed by atoms with Crippen LogP contribution in [0.25, 0.3) is 0 Å². The smallest absolute Gasteiger partial charge is 0.159 e. The molecule has 100 valence electrons. The molecule has 19 heavy (non-hydrogen) atoms. The summed E-state index contributed by atoms with van der Waals surface area (Å²) < 4.78 is 27.3. The highest BCUT2D eigenvalue weighted by Gasteiger charge is 2.10. The van der Waals surface area contributed by atoms with E-state index in [2.05, 4.69) is 34.0 Å². The molecule has 1 unspecified atom stereocenters. The molecular weight excluding hydrogens is 359 g/mol. The lowest BCUT2D eigenvalue weighted by atomic mass is 10.1. The SMILES string of the molecule is Cc1cc(I)ccc1NC(C)c1ccc(F)c(F)c1. The molecule has 0 heterocycles. The Bertz CT molecular complexity index is 599. The first-order valence-electron chi connectivity index (χ1n) is 5.95. The second-order valence-electron chi connectivity index (χ2n) is 4.50. The monoisotopic (exact) mass is 373 g/mol. The topological polar surface area (TPSA) is 12.0 Å². The van der Waals surface area contributed by atoms with Gasteiger partial charge in [-0.15, -0.1) is 0 Å². The number of aryl methyl sites for hydroxylation is 1. The van der Waals surface area contributed by atoms with Crippen molar-refractivity contribution in [1.29, 1.82) is 0 Å². The van der Waals surface area contributed by atoms with Crippen molar-refractivity contribution < 1.29 is 8.78 Å². The predicted octanol–water partition coefficient (Wildman–Crippen LogP) is 5.05. The summed E-state index contributed by atoms with van der Waals surface area (Å²) >= 11 is 2.26. The zero-order valence-electron chi connectivity index (χ0n) is 10.7. The van der Waals surface area contributed by atoms with Gasteiger partial charge in [0.1, 0.15) is 0 Å². The van der Waals surface area contributed by atoms with Crippen LogP contribution < -0.4 is 5.32 Å². The average Bonchev–Trinajstić information content (AvgIpc) is 2.36. The van der Waals surface area contributed by atoms with Crippen molar-refractivity contribution >= 4 is 28.3 Å². The zero-order chi connectivity index (χ0) is 14.0. The molecule has 0 amide bonds. The number of hydrogen-bond donors (Lipinski definition) is 1. The van der Waals surface area contributed by atoms with Crippen LogP contribution in [0.15, 0.2) is 36.4 Å². The van der Waals surface area contributed by atoms with Crippen molar-refractivity contribution in [2.45, 2.75) is 19.9 Å². The maximum Gasteiger partial charge on any atom is 0.159 e. The predicted molar refractivity (Wildman–Crippen MR) is 82.3 cm³/mol. The van der Waals surface area contributed by atoms with Gasteiger partial charge >= 0.3 is 0 Å². The molecule has 0 spiro atoms. The van der Waals surface area contributed by atoms with Gasteiger partial charge in [-0.3, -0.25) is 0 Å². The third-order valence-corrected chi connectivity index (χ3v) is 3.68. The second kappa shape index (κ2) is 5.86. The fourth-order valence-corrected chi connectivity index (χ4v) is 2.53. The number of benzene rings is 2. The summed E-state index contributed by atoms with van der Waals surface area (Å²) in [5, 5.41) is 3.31. The molecule has 0 saturated carbocycles. The molecule has 0 aliphatic heterocycles. The summed E-state index contributed by atoms with van der Waals surface area (Å²) in [5.74, 6) is -1.63. The van der Waals surface area contributed by atoms with E-state index in [4.69, 9.17) is 0 Å². The van der Waals surface area contributed by atoms with Crippen LogP contribution in [0.1, 0.15) is 24.1 Å². The van der Waals surface area contributed by atoms with Gasteiger partial charge in [0.15, 0.2) is 11.6 Å². The maximum absolute atomic E-state index is 13.2. The van der Waals surface area contributed by atoms with Crippen molar-refractivity contribution in [2.75, 3.05) is 5.32 Å². The molecule has 0 bridgehead atoms. The number of hydrogen-bond acceptors (Lipinski definition) is 1. The van der Waals surface area contributed by atoms with Crippen LogP contribution in [0.4, 0.5) is 14.5 Å². The Hall–Kier alpha value is -1.17. The third kappa shape index (κ3) is 3.43. The molecule has 0 fully saturated rings. The molecule has 2 rings (SSSR count). The van der Waals surface area contributed by atoms with Crippen LogP contribution in [-0.2, 0) is 0 Å². The number of anilines is 1. The van der Waals surface area contributed by atoms with Gasteiger partial charge in [0, 0.05) is 15.3 Å². The fraction of sp³-hybridized carbons (Fsp3) is 0.200. The number of rotatable bonds is 3. The Morgan fingerprint density at radius 1 is 1.05 bits per heavy atom. The van der Waals surface area contributed by atoms with Gasteiger partial charge in [-0.2, -0.15) is 0 Å². The van der Waals surface area contributed by atoms with Gasteiger partial charge in [0.25, 0.3) is 0 Å². The minimum atomic E-state index is -0.818. The molecule has 4 heteroatoms. The Morgan fingerprint density at radius 3 is 2.42 bits per heavy atom. The highest BCUT2D eigenvalue weighted by atomic mass is 127. The van der Waals surface area contributed by atoms with E-state index in [1.165, 1.54) is 9.64 Å². The van der Waals surface area contributed by atoms with Gasteiger partial charge in [0.2, 0.25) is 0 Å². The Balaban J connectivity index is 2.20. The summed E-state index contributed by atoms with van der Waals surface area (Å²) in [4.78, 5) is 0. The van der Waals surface area contributed by atoms with Crippen molar-refractivity contribution in [3.63, 3.8) is 0 Å². The van der Waals surface area contributed by atoms with Crippen LogP contribution in [0.3, 0.4) is 0 Å². The first-order chi connectivity index (χ1) is 8.97. The van der Waals surface area contributed by atoms with E-state index in [1.54, 1.807) is 6.07 Å². The van der Waals surface area contributed by atoms with E-state index >= 15 is 0 Å². The van der Waals surface area contributed by atoms with E-state index in [0.29, 0.717) is 0 Å². The highest BCUT2D eigenvalue weighted by molar-refractivity contribution is 14.1. The summed E-state index contributed by atoms with van der Waals surface area (Å²) in [6.07, 6.45) is 0. The van der Waals surface area contributed by atoms with E-state index in [-0.39, 0.29) is 6.04 Å². The lowest BCUT2D eigenvalue weighted by Crippen LogP contribution is -2.08. The van der Waals surface area contributed by atoms with Gasteiger partial charge in [-0.05, 0) is 77.9 Å². The van der Waals surface area contributed by atoms with Gasteiger partial charge in [0.05, 0.1) is 0 Å². The van der Waals surface area contributed by atoms with Crippen LogP contribution in [0.2, 0.25) is 0 Å².